The van der Waals surface area contributed by atoms with Crippen LogP contribution in [0.15, 0.2) is 59.8 Å². The Morgan fingerprint density at radius 2 is 1.47 bits per heavy atom. The maximum Gasteiger partial charge on any atom is 0.356 e. The first kappa shape index (κ1) is 19.3. The van der Waals surface area contributed by atoms with Crippen LogP contribution in [0.1, 0.15) is 0 Å². The van der Waals surface area contributed by atoms with Gasteiger partial charge in [0.25, 0.3) is 11.8 Å². The van der Waals surface area contributed by atoms with Gasteiger partial charge in [0, 0.05) is 0 Å². The lowest BCUT2D eigenvalue weighted by Crippen LogP contribution is -2.46. The van der Waals surface area contributed by atoms with Crippen molar-refractivity contribution in [2.45, 2.75) is 6.04 Å². The molecule has 0 radical (unpaired) electrons. The number of para-hydroxylation sites is 4. The second-order valence-electron chi connectivity index (χ2n) is 6.49. The van der Waals surface area contributed by atoms with E-state index in [1.54, 1.807) is 48.5 Å². The van der Waals surface area contributed by atoms with Gasteiger partial charge >= 0.3 is 5.97 Å². The van der Waals surface area contributed by atoms with Crippen LogP contribution in [0.25, 0.3) is 0 Å². The standard InChI is InChI=1S/C21H19N3O6/c1-28-14-10-6-4-8-12(14)23-19(25)16-17(21(27)30-3)22-24(18(16)20(23)26)13-9-5-7-11-15(13)29-2/h4-11,18,22H,1-3H3/t18-/m1/s1. The number of nitrogens with zero attached hydrogens (tertiary/aromatic N) is 2. The van der Waals surface area contributed by atoms with Crippen LogP contribution in [0.2, 0.25) is 0 Å². The van der Waals surface area contributed by atoms with Crippen molar-refractivity contribution in [3.8, 4) is 11.5 Å². The number of hydrazine groups is 1. The summed E-state index contributed by atoms with van der Waals surface area (Å²) in [5.41, 5.74) is 3.55. The minimum atomic E-state index is -1.08. The molecule has 9 nitrogen and oxygen atoms in total. The molecule has 154 valence electrons. The zero-order chi connectivity index (χ0) is 21.4. The summed E-state index contributed by atoms with van der Waals surface area (Å²) in [5.74, 6) is -1.09. The van der Waals surface area contributed by atoms with Gasteiger partial charge in [-0.3, -0.25) is 20.0 Å². The Balaban J connectivity index is 1.87. The molecule has 1 N–H and O–H groups in total. The third-order valence-electron chi connectivity index (χ3n) is 4.98. The van der Waals surface area contributed by atoms with E-state index >= 15 is 0 Å². The van der Waals surface area contributed by atoms with Crippen molar-refractivity contribution in [1.29, 1.82) is 0 Å². The van der Waals surface area contributed by atoms with E-state index in [0.717, 1.165) is 4.90 Å². The first-order valence-electron chi connectivity index (χ1n) is 9.06. The van der Waals surface area contributed by atoms with E-state index in [0.29, 0.717) is 22.9 Å². The highest BCUT2D eigenvalue weighted by Gasteiger charge is 2.55. The fraction of sp³-hybridized carbons (Fsp3) is 0.190. The average Bonchev–Trinajstić information content (AvgIpc) is 3.30. The summed E-state index contributed by atoms with van der Waals surface area (Å²) in [6.07, 6.45) is 0. The fourth-order valence-corrected chi connectivity index (χ4v) is 3.64. The van der Waals surface area contributed by atoms with E-state index in [1.807, 2.05) is 0 Å². The Labute approximate surface area is 172 Å². The first-order chi connectivity index (χ1) is 14.5. The van der Waals surface area contributed by atoms with Gasteiger partial charge in [-0.25, -0.2) is 9.69 Å². The Morgan fingerprint density at radius 3 is 2.07 bits per heavy atom. The van der Waals surface area contributed by atoms with Crippen molar-refractivity contribution in [3.63, 3.8) is 0 Å². The second kappa shape index (κ2) is 7.43. The molecule has 2 aromatic carbocycles. The largest absolute Gasteiger partial charge is 0.495 e. The number of anilines is 2. The molecular weight excluding hydrogens is 390 g/mol. The molecule has 0 spiro atoms. The summed E-state index contributed by atoms with van der Waals surface area (Å²) in [6.45, 7) is 0. The van der Waals surface area contributed by atoms with Crippen molar-refractivity contribution in [3.05, 3.63) is 59.8 Å². The van der Waals surface area contributed by atoms with E-state index in [-0.39, 0.29) is 11.3 Å². The van der Waals surface area contributed by atoms with Crippen LogP contribution in [-0.2, 0) is 19.1 Å². The molecule has 1 saturated heterocycles. The lowest BCUT2D eigenvalue weighted by Gasteiger charge is -2.27. The number of carbonyl (C=O) groups excluding carboxylic acids is 3. The average molecular weight is 409 g/mol. The third-order valence-corrected chi connectivity index (χ3v) is 4.98. The first-order valence-corrected chi connectivity index (χ1v) is 9.06. The summed E-state index contributed by atoms with van der Waals surface area (Å²) in [6, 6.07) is 12.6. The number of hydrogen-bond donors (Lipinski definition) is 1. The zero-order valence-electron chi connectivity index (χ0n) is 16.5. The smallest absolute Gasteiger partial charge is 0.356 e. The molecule has 2 heterocycles. The van der Waals surface area contributed by atoms with E-state index in [2.05, 4.69) is 5.43 Å². The van der Waals surface area contributed by atoms with Crippen molar-refractivity contribution in [2.75, 3.05) is 31.2 Å². The molecule has 0 aliphatic carbocycles. The highest BCUT2D eigenvalue weighted by Crippen LogP contribution is 2.41. The molecule has 0 unspecified atom stereocenters. The maximum atomic E-state index is 13.4. The monoisotopic (exact) mass is 409 g/mol. The Bertz CT molecular complexity index is 1080. The van der Waals surface area contributed by atoms with Crippen molar-refractivity contribution in [1.82, 2.24) is 5.43 Å². The van der Waals surface area contributed by atoms with Gasteiger partial charge < -0.3 is 14.2 Å². The fourth-order valence-electron chi connectivity index (χ4n) is 3.64. The molecule has 0 saturated carbocycles. The number of amides is 2. The highest BCUT2D eigenvalue weighted by atomic mass is 16.5. The maximum absolute atomic E-state index is 13.4. The summed E-state index contributed by atoms with van der Waals surface area (Å²) < 4.78 is 15.5. The minimum absolute atomic E-state index is 0.00339. The second-order valence-corrected chi connectivity index (χ2v) is 6.49. The SMILES string of the molecule is COC(=O)C1=C2C(=O)N(c3ccccc3OC)C(=O)[C@@H]2N(c2ccccc2OC)N1. The van der Waals surface area contributed by atoms with Crippen LogP contribution in [0.5, 0.6) is 11.5 Å². The number of fused-ring (bicyclic) bond motifs is 1. The number of imide groups is 1. The van der Waals surface area contributed by atoms with Gasteiger partial charge in [-0.15, -0.1) is 0 Å². The predicted molar refractivity (Wildman–Crippen MR) is 107 cm³/mol. The number of nitrogens with one attached hydrogen (secondary N) is 1. The Kier molecular flexibility index (Phi) is 4.78. The van der Waals surface area contributed by atoms with Gasteiger partial charge in [0.1, 0.15) is 17.2 Å². The lowest BCUT2D eigenvalue weighted by atomic mass is 10.1. The predicted octanol–water partition coefficient (Wildman–Crippen LogP) is 1.40. The molecule has 0 aromatic heterocycles. The molecule has 2 aliphatic rings. The number of esters is 1. The number of ether oxygens (including phenoxy) is 3. The van der Waals surface area contributed by atoms with Gasteiger partial charge in [-0.05, 0) is 24.3 Å². The molecule has 30 heavy (non-hydrogen) atoms. The van der Waals surface area contributed by atoms with Crippen LogP contribution >= 0.6 is 0 Å². The normalized spacial score (nSPS) is 17.8. The van der Waals surface area contributed by atoms with Crippen LogP contribution in [0.4, 0.5) is 11.4 Å². The van der Waals surface area contributed by atoms with Crippen LogP contribution < -0.4 is 24.8 Å². The van der Waals surface area contributed by atoms with Gasteiger partial charge in [0.05, 0.1) is 32.6 Å². The Hall–Kier alpha value is -4.01. The third kappa shape index (κ3) is 2.74. The zero-order valence-corrected chi connectivity index (χ0v) is 16.5. The summed E-state index contributed by atoms with van der Waals surface area (Å²) in [7, 11) is 4.15. The molecule has 2 aliphatic heterocycles. The number of carbonyl (C=O) groups is 3. The van der Waals surface area contributed by atoms with E-state index in [9.17, 15) is 14.4 Å². The number of rotatable bonds is 5. The molecule has 4 rings (SSSR count). The summed E-state index contributed by atoms with van der Waals surface area (Å²) in [4.78, 5) is 40.2. The molecule has 2 amide bonds. The van der Waals surface area contributed by atoms with Crippen molar-refractivity contribution in [2.24, 2.45) is 0 Å². The van der Waals surface area contributed by atoms with Gasteiger partial charge in [-0.1, -0.05) is 24.3 Å². The van der Waals surface area contributed by atoms with Crippen molar-refractivity contribution < 1.29 is 28.6 Å². The number of methoxy groups -OCH3 is 3. The molecular formula is C21H19N3O6. The van der Waals surface area contributed by atoms with E-state index in [4.69, 9.17) is 14.2 Å². The van der Waals surface area contributed by atoms with Crippen LogP contribution in [0.3, 0.4) is 0 Å². The molecule has 2 aromatic rings. The quantitative estimate of drug-likeness (QED) is 0.585. The molecule has 1 atom stereocenters. The van der Waals surface area contributed by atoms with E-state index in [1.165, 1.54) is 26.3 Å². The molecule has 0 bridgehead atoms. The number of benzene rings is 2. The van der Waals surface area contributed by atoms with Crippen LogP contribution in [0, 0.1) is 0 Å². The lowest BCUT2D eigenvalue weighted by molar-refractivity contribution is -0.136. The van der Waals surface area contributed by atoms with Gasteiger partial charge in [0.15, 0.2) is 11.7 Å². The van der Waals surface area contributed by atoms with Crippen molar-refractivity contribution >= 4 is 29.2 Å². The van der Waals surface area contributed by atoms with Gasteiger partial charge in [-0.2, -0.15) is 0 Å². The van der Waals surface area contributed by atoms with Gasteiger partial charge in [0.2, 0.25) is 0 Å². The highest BCUT2D eigenvalue weighted by molar-refractivity contribution is 6.34. The minimum Gasteiger partial charge on any atom is -0.495 e. The topological polar surface area (TPSA) is 97.4 Å². The summed E-state index contributed by atoms with van der Waals surface area (Å²) >= 11 is 0. The summed E-state index contributed by atoms with van der Waals surface area (Å²) in [5, 5.41) is 1.44. The molecule has 1 fully saturated rings. The molecule has 9 heteroatoms. The Morgan fingerprint density at radius 1 is 0.900 bits per heavy atom. The van der Waals surface area contributed by atoms with Crippen LogP contribution in [-0.4, -0.2) is 45.2 Å². The number of hydrogen-bond acceptors (Lipinski definition) is 8. The van der Waals surface area contributed by atoms with E-state index < -0.39 is 23.8 Å².